The van der Waals surface area contributed by atoms with Gasteiger partial charge in [-0.15, -0.1) is 0 Å². The molecule has 4 atom stereocenters. The molecule has 3 aliphatic rings. The molecule has 0 unspecified atom stereocenters. The number of carbonyl (C=O) groups is 3. The fourth-order valence-electron chi connectivity index (χ4n) is 6.20. The molecule has 2 amide bonds. The minimum Gasteiger partial charge on any atom is -0.508 e. The number of amides is 2. The van der Waals surface area contributed by atoms with Gasteiger partial charge in [0.25, 0.3) is 0 Å². The highest BCUT2D eigenvalue weighted by Crippen LogP contribution is 2.52. The van der Waals surface area contributed by atoms with Crippen molar-refractivity contribution < 1.29 is 39.0 Å². The van der Waals surface area contributed by atoms with Crippen molar-refractivity contribution in [2.75, 3.05) is 13.2 Å². The molecule has 2 aromatic carbocycles. The van der Waals surface area contributed by atoms with Gasteiger partial charge in [0.15, 0.2) is 0 Å². The standard InChI is InChI=1S/C29H32BNO8/c32-23-12-7-6-11-20(23)24-16-21-26-22(28(35)31(29(26)36)14-8-2-5-13-25(33)34)15-18(27(21)30(37)39-24)17-38-19-9-3-1-4-10-19/h1,3-4,6-7,9-12,21-22,24,26,32,37H,2,5,8,13-17H2,(H,33,34)/t21-,22-,24-,26+/m0/s1. The van der Waals surface area contributed by atoms with Crippen LogP contribution in [0.4, 0.5) is 0 Å². The molecule has 0 radical (unpaired) electrons. The first-order valence-corrected chi connectivity index (χ1v) is 13.4. The molecule has 1 aliphatic carbocycles. The van der Waals surface area contributed by atoms with Crippen LogP contribution in [0.1, 0.15) is 50.2 Å². The summed E-state index contributed by atoms with van der Waals surface area (Å²) in [7, 11) is -1.31. The number of para-hydroxylation sites is 2. The number of aliphatic carboxylic acids is 1. The fraction of sp³-hybridized carbons (Fsp3) is 0.414. The molecule has 10 heteroatoms. The smallest absolute Gasteiger partial charge is 0.487 e. The molecule has 0 saturated carbocycles. The Morgan fingerprint density at radius 2 is 1.74 bits per heavy atom. The summed E-state index contributed by atoms with van der Waals surface area (Å²) in [5.41, 5.74) is 1.85. The third-order valence-electron chi connectivity index (χ3n) is 8.01. The van der Waals surface area contributed by atoms with E-state index in [4.69, 9.17) is 14.5 Å². The largest absolute Gasteiger partial charge is 0.508 e. The number of carboxylic acid groups (broad SMARTS) is 1. The number of ether oxygens (including phenoxy) is 1. The molecule has 2 heterocycles. The van der Waals surface area contributed by atoms with Gasteiger partial charge in [0.2, 0.25) is 11.8 Å². The third kappa shape index (κ3) is 5.58. The van der Waals surface area contributed by atoms with Gasteiger partial charge in [-0.05, 0) is 60.8 Å². The van der Waals surface area contributed by atoms with Crippen LogP contribution in [0.25, 0.3) is 0 Å². The summed E-state index contributed by atoms with van der Waals surface area (Å²) >= 11 is 0. The van der Waals surface area contributed by atoms with E-state index in [9.17, 15) is 24.5 Å². The lowest BCUT2D eigenvalue weighted by Gasteiger charge is -2.42. The lowest BCUT2D eigenvalue weighted by molar-refractivity contribution is -0.141. The first-order valence-electron chi connectivity index (χ1n) is 13.4. The molecule has 0 aromatic heterocycles. The maximum atomic E-state index is 13.7. The quantitative estimate of drug-likeness (QED) is 0.240. The van der Waals surface area contributed by atoms with Crippen LogP contribution in [0.5, 0.6) is 11.5 Å². The van der Waals surface area contributed by atoms with E-state index in [-0.39, 0.29) is 43.6 Å². The number of allylic oxidation sites excluding steroid dienone is 1. The third-order valence-corrected chi connectivity index (χ3v) is 8.01. The van der Waals surface area contributed by atoms with E-state index < -0.39 is 36.9 Å². The van der Waals surface area contributed by atoms with Crippen LogP contribution in [0.3, 0.4) is 0 Å². The number of hydrogen-bond donors (Lipinski definition) is 3. The second-order valence-electron chi connectivity index (χ2n) is 10.4. The van der Waals surface area contributed by atoms with Gasteiger partial charge in [-0.2, -0.15) is 0 Å². The van der Waals surface area contributed by atoms with Gasteiger partial charge in [-0.3, -0.25) is 19.3 Å². The molecule has 39 heavy (non-hydrogen) atoms. The monoisotopic (exact) mass is 533 g/mol. The highest BCUT2D eigenvalue weighted by Gasteiger charge is 2.57. The minimum absolute atomic E-state index is 0.0407. The van der Waals surface area contributed by atoms with Crippen molar-refractivity contribution in [3.05, 3.63) is 71.2 Å². The van der Waals surface area contributed by atoms with Gasteiger partial charge in [0.05, 0.1) is 17.9 Å². The topological polar surface area (TPSA) is 134 Å². The number of nitrogens with zero attached hydrogens (tertiary/aromatic N) is 1. The Kier molecular flexibility index (Phi) is 8.04. The van der Waals surface area contributed by atoms with Crippen molar-refractivity contribution in [2.24, 2.45) is 17.8 Å². The summed E-state index contributed by atoms with van der Waals surface area (Å²) in [6.07, 6.45) is 1.63. The summed E-state index contributed by atoms with van der Waals surface area (Å²) in [6.45, 7) is 0.390. The predicted octanol–water partition coefficient (Wildman–Crippen LogP) is 3.52. The van der Waals surface area contributed by atoms with Crippen LogP contribution in [-0.4, -0.2) is 58.2 Å². The molecule has 5 rings (SSSR count). The van der Waals surface area contributed by atoms with Gasteiger partial charge < -0.3 is 24.6 Å². The summed E-state index contributed by atoms with van der Waals surface area (Å²) in [6, 6.07) is 16.0. The lowest BCUT2D eigenvalue weighted by Crippen LogP contribution is -2.45. The predicted molar refractivity (Wildman–Crippen MR) is 141 cm³/mol. The molecule has 0 spiro atoms. The maximum Gasteiger partial charge on any atom is 0.487 e. The zero-order chi connectivity index (χ0) is 27.5. The van der Waals surface area contributed by atoms with E-state index in [0.29, 0.717) is 42.5 Å². The van der Waals surface area contributed by atoms with E-state index in [1.807, 2.05) is 30.3 Å². The summed E-state index contributed by atoms with van der Waals surface area (Å²) < 4.78 is 12.0. The average molecular weight is 533 g/mol. The van der Waals surface area contributed by atoms with Gasteiger partial charge in [0.1, 0.15) is 18.1 Å². The molecule has 2 aromatic rings. The Balaban J connectivity index is 1.41. The SMILES string of the molecule is O=C(O)CCCCCN1C(=O)[C@H]2[C@H](CC(COc3ccccc3)=C3B(O)O[C@H](c4ccccc4O)C[C@H]32)C1=O. The molecule has 3 N–H and O–H groups in total. The zero-order valence-corrected chi connectivity index (χ0v) is 21.6. The van der Waals surface area contributed by atoms with Crippen molar-refractivity contribution >= 4 is 24.9 Å². The van der Waals surface area contributed by atoms with E-state index >= 15 is 0 Å². The fourth-order valence-corrected chi connectivity index (χ4v) is 6.20. The van der Waals surface area contributed by atoms with E-state index in [1.54, 1.807) is 24.3 Å². The number of benzene rings is 2. The second-order valence-corrected chi connectivity index (χ2v) is 10.4. The summed E-state index contributed by atoms with van der Waals surface area (Å²) in [5.74, 6) is -2.35. The van der Waals surface area contributed by atoms with Crippen LogP contribution < -0.4 is 4.74 Å². The number of phenolic OH excluding ortho intramolecular Hbond substituents is 1. The van der Waals surface area contributed by atoms with E-state index in [2.05, 4.69) is 0 Å². The van der Waals surface area contributed by atoms with Crippen molar-refractivity contribution in [1.82, 2.24) is 4.90 Å². The number of carboxylic acids is 1. The minimum atomic E-state index is -1.31. The Morgan fingerprint density at radius 3 is 2.49 bits per heavy atom. The van der Waals surface area contributed by atoms with E-state index in [1.165, 1.54) is 4.90 Å². The molecular weight excluding hydrogens is 501 g/mol. The number of aromatic hydroxyl groups is 1. The molecule has 0 bridgehead atoms. The number of likely N-dealkylation sites (tertiary alicyclic amines) is 1. The number of imide groups is 1. The Morgan fingerprint density at radius 1 is 1.00 bits per heavy atom. The van der Waals surface area contributed by atoms with Gasteiger partial charge in [-0.1, -0.05) is 42.8 Å². The maximum absolute atomic E-state index is 13.7. The van der Waals surface area contributed by atoms with Crippen LogP contribution in [-0.2, 0) is 19.0 Å². The van der Waals surface area contributed by atoms with Crippen molar-refractivity contribution in [3.63, 3.8) is 0 Å². The number of rotatable bonds is 10. The molecule has 2 aliphatic heterocycles. The highest BCUT2D eigenvalue weighted by atomic mass is 16.5. The van der Waals surface area contributed by atoms with Crippen molar-refractivity contribution in [1.29, 1.82) is 0 Å². The van der Waals surface area contributed by atoms with Gasteiger partial charge in [-0.25, -0.2) is 0 Å². The van der Waals surface area contributed by atoms with Crippen LogP contribution in [0.15, 0.2) is 65.6 Å². The average Bonchev–Trinajstić information content (AvgIpc) is 3.16. The Bertz CT molecular complexity index is 1260. The Labute approximate surface area is 227 Å². The normalized spacial score (nSPS) is 24.5. The van der Waals surface area contributed by atoms with Crippen molar-refractivity contribution in [3.8, 4) is 11.5 Å². The number of carbonyl (C=O) groups excluding carboxylic acids is 2. The van der Waals surface area contributed by atoms with Crippen LogP contribution in [0.2, 0.25) is 0 Å². The summed E-state index contributed by atoms with van der Waals surface area (Å²) in [4.78, 5) is 39.3. The first kappa shape index (κ1) is 27.0. The van der Waals surface area contributed by atoms with Crippen LogP contribution in [0, 0.1) is 17.8 Å². The molecule has 2 saturated heterocycles. The zero-order valence-electron chi connectivity index (χ0n) is 21.6. The second kappa shape index (κ2) is 11.6. The van der Waals surface area contributed by atoms with E-state index in [0.717, 1.165) is 5.57 Å². The highest BCUT2D eigenvalue weighted by molar-refractivity contribution is 6.53. The molecule has 9 nitrogen and oxygen atoms in total. The number of unbranched alkanes of at least 4 members (excludes halogenated alkanes) is 2. The molecule has 2 fully saturated rings. The van der Waals surface area contributed by atoms with Gasteiger partial charge >= 0.3 is 13.1 Å². The first-order chi connectivity index (χ1) is 18.8. The number of fused-ring (bicyclic) bond motifs is 3. The number of phenols is 1. The molecule has 204 valence electrons. The molecular formula is C29H32BNO8. The Hall–Kier alpha value is -3.63. The lowest BCUT2D eigenvalue weighted by atomic mass is 9.55. The summed E-state index contributed by atoms with van der Waals surface area (Å²) in [5, 5.41) is 30.5. The van der Waals surface area contributed by atoms with Gasteiger partial charge in [0, 0.05) is 18.5 Å². The van der Waals surface area contributed by atoms with Crippen molar-refractivity contribution in [2.45, 2.75) is 44.6 Å². The van der Waals surface area contributed by atoms with Crippen LogP contribution >= 0.6 is 0 Å². The number of hydrogen-bond acceptors (Lipinski definition) is 7.